The van der Waals surface area contributed by atoms with E-state index in [1.54, 1.807) is 0 Å². The summed E-state index contributed by atoms with van der Waals surface area (Å²) in [5.41, 5.74) is 1.17. The second-order valence-corrected chi connectivity index (χ2v) is 4.23. The van der Waals surface area contributed by atoms with E-state index in [0.29, 0.717) is 0 Å². The van der Waals surface area contributed by atoms with Crippen LogP contribution in [-0.2, 0) is 0 Å². The van der Waals surface area contributed by atoms with E-state index in [2.05, 4.69) is 28.1 Å². The minimum Gasteiger partial charge on any atom is -0.0576 e. The second kappa shape index (κ2) is 3.61. The monoisotopic (exact) mass is 225 g/mol. The highest BCUT2D eigenvalue weighted by Crippen LogP contribution is 2.34. The molecule has 0 nitrogen and oxygen atoms in total. The molecule has 0 unspecified atom stereocenters. The molecule has 1 fully saturated rings. The van der Waals surface area contributed by atoms with Crippen LogP contribution < -0.4 is 0 Å². The van der Waals surface area contributed by atoms with Crippen molar-refractivity contribution >= 4 is 15.9 Å². The zero-order valence-electron chi connectivity index (χ0n) is 8.02. The Bertz CT molecular complexity index is 285. The molecule has 64 valence electrons. The first-order valence-corrected chi connectivity index (χ1v) is 5.26. The van der Waals surface area contributed by atoms with E-state index < -0.39 is 0 Å². The van der Waals surface area contributed by atoms with Gasteiger partial charge < -0.3 is 0 Å². The highest BCUT2D eigenvalue weighted by Gasteiger charge is 2.16. The fourth-order valence-corrected chi connectivity index (χ4v) is 2.04. The standard InChI is InChI=1S/C11H13Br/c12-11-7-5-10(6-8-11)9-3-1-2-4-9/h5-9H,1-4H2/i9D. The smallest absolute Gasteiger partial charge is 0.0352 e. The van der Waals surface area contributed by atoms with Crippen LogP contribution >= 0.6 is 15.9 Å². The van der Waals surface area contributed by atoms with Crippen LogP contribution in [0, 0.1) is 0 Å². The lowest BCUT2D eigenvalue weighted by Crippen LogP contribution is -1.90. The van der Waals surface area contributed by atoms with Gasteiger partial charge in [-0.1, -0.05) is 40.9 Å². The maximum Gasteiger partial charge on any atom is 0.0352 e. The van der Waals surface area contributed by atoms with Crippen LogP contribution in [-0.4, -0.2) is 0 Å². The summed E-state index contributed by atoms with van der Waals surface area (Å²) in [5.74, 6) is -0.291. The topological polar surface area (TPSA) is 0 Å². The average molecular weight is 226 g/mol. The maximum absolute atomic E-state index is 8.28. The van der Waals surface area contributed by atoms with E-state index in [9.17, 15) is 0 Å². The normalized spacial score (nSPS) is 22.2. The van der Waals surface area contributed by atoms with Crippen molar-refractivity contribution in [3.8, 4) is 0 Å². The minimum absolute atomic E-state index is 0.291. The van der Waals surface area contributed by atoms with Gasteiger partial charge in [-0.15, -0.1) is 0 Å². The van der Waals surface area contributed by atoms with Crippen molar-refractivity contribution in [1.29, 1.82) is 0 Å². The van der Waals surface area contributed by atoms with Crippen molar-refractivity contribution in [2.45, 2.75) is 31.6 Å². The van der Waals surface area contributed by atoms with E-state index in [0.717, 1.165) is 17.3 Å². The fraction of sp³-hybridized carbons (Fsp3) is 0.455. The maximum atomic E-state index is 8.28. The summed E-state index contributed by atoms with van der Waals surface area (Å²) in [7, 11) is 0. The van der Waals surface area contributed by atoms with Crippen LogP contribution in [0.4, 0.5) is 0 Å². The van der Waals surface area contributed by atoms with Gasteiger partial charge in [0.25, 0.3) is 0 Å². The van der Waals surface area contributed by atoms with Crippen molar-refractivity contribution in [2.75, 3.05) is 0 Å². The van der Waals surface area contributed by atoms with Gasteiger partial charge in [0, 0.05) is 5.84 Å². The lowest BCUT2D eigenvalue weighted by molar-refractivity contribution is 0.723. The molecule has 0 aromatic heterocycles. The Labute approximate surface area is 83.5 Å². The molecule has 12 heavy (non-hydrogen) atoms. The fourth-order valence-electron chi connectivity index (χ4n) is 1.78. The lowest BCUT2D eigenvalue weighted by atomic mass is 9.98. The molecule has 1 aromatic rings. The molecule has 0 atom stereocenters. The van der Waals surface area contributed by atoms with Crippen LogP contribution in [0.5, 0.6) is 0 Å². The Morgan fingerprint density at radius 1 is 1.17 bits per heavy atom. The number of hydrogen-bond acceptors (Lipinski definition) is 0. The first kappa shape index (κ1) is 7.14. The third kappa shape index (κ3) is 1.71. The average Bonchev–Trinajstić information content (AvgIpc) is 2.54. The van der Waals surface area contributed by atoms with Gasteiger partial charge in [-0.2, -0.15) is 0 Å². The summed E-state index contributed by atoms with van der Waals surface area (Å²) in [5, 5.41) is 0. The SMILES string of the molecule is [2H]C1(c2ccc(Br)cc2)CCCC1. The summed E-state index contributed by atoms with van der Waals surface area (Å²) in [6.45, 7) is 0. The summed E-state index contributed by atoms with van der Waals surface area (Å²) in [6.07, 6.45) is 4.46. The van der Waals surface area contributed by atoms with Crippen LogP contribution in [0.3, 0.4) is 0 Å². The minimum atomic E-state index is -0.291. The third-order valence-corrected chi connectivity index (χ3v) is 2.99. The molecule has 1 aliphatic carbocycles. The van der Waals surface area contributed by atoms with Crippen molar-refractivity contribution in [3.05, 3.63) is 34.3 Å². The molecule has 1 saturated carbocycles. The van der Waals surface area contributed by atoms with E-state index in [1.807, 2.05) is 12.1 Å². The first-order chi connectivity index (χ1) is 6.21. The summed E-state index contributed by atoms with van der Waals surface area (Å²) < 4.78 is 9.37. The predicted molar refractivity (Wildman–Crippen MR) is 55.4 cm³/mol. The molecule has 1 aliphatic rings. The largest absolute Gasteiger partial charge is 0.0576 e. The van der Waals surface area contributed by atoms with Crippen molar-refractivity contribution in [3.63, 3.8) is 0 Å². The number of hydrogen-bond donors (Lipinski definition) is 0. The Morgan fingerprint density at radius 3 is 2.33 bits per heavy atom. The number of benzene rings is 1. The Hall–Kier alpha value is -0.300. The van der Waals surface area contributed by atoms with Gasteiger partial charge in [0.2, 0.25) is 0 Å². The number of halogens is 1. The summed E-state index contributed by atoms with van der Waals surface area (Å²) in [6, 6.07) is 8.21. The molecule has 0 radical (unpaired) electrons. The Morgan fingerprint density at radius 2 is 1.75 bits per heavy atom. The lowest BCUT2D eigenvalue weighted by Gasteiger charge is -2.08. The first-order valence-electron chi connectivity index (χ1n) is 4.97. The third-order valence-electron chi connectivity index (χ3n) is 2.46. The van der Waals surface area contributed by atoms with Gasteiger partial charge in [-0.05, 0) is 36.4 Å². The molecule has 1 heteroatoms. The van der Waals surface area contributed by atoms with Crippen molar-refractivity contribution in [2.24, 2.45) is 0 Å². The summed E-state index contributed by atoms with van der Waals surface area (Å²) in [4.78, 5) is 0. The van der Waals surface area contributed by atoms with Crippen LogP contribution in [0.2, 0.25) is 0 Å². The molecule has 0 heterocycles. The molecule has 0 bridgehead atoms. The van der Waals surface area contributed by atoms with Crippen molar-refractivity contribution in [1.82, 2.24) is 0 Å². The zero-order valence-corrected chi connectivity index (χ0v) is 8.60. The summed E-state index contributed by atoms with van der Waals surface area (Å²) >= 11 is 3.41. The number of rotatable bonds is 1. The van der Waals surface area contributed by atoms with Gasteiger partial charge >= 0.3 is 0 Å². The molecule has 0 amide bonds. The van der Waals surface area contributed by atoms with E-state index >= 15 is 0 Å². The zero-order chi connectivity index (χ0) is 9.31. The van der Waals surface area contributed by atoms with Gasteiger partial charge in [0.15, 0.2) is 0 Å². The van der Waals surface area contributed by atoms with Gasteiger partial charge in [0.1, 0.15) is 0 Å². The van der Waals surface area contributed by atoms with Gasteiger partial charge in [-0.3, -0.25) is 0 Å². The Kier molecular flexibility index (Phi) is 2.15. The van der Waals surface area contributed by atoms with Crippen LogP contribution in [0.1, 0.15) is 38.5 Å². The molecule has 2 rings (SSSR count). The van der Waals surface area contributed by atoms with Crippen molar-refractivity contribution < 1.29 is 1.37 Å². The molecular weight excluding hydrogens is 212 g/mol. The quantitative estimate of drug-likeness (QED) is 0.676. The van der Waals surface area contributed by atoms with E-state index in [-0.39, 0.29) is 5.89 Å². The second-order valence-electron chi connectivity index (χ2n) is 3.32. The van der Waals surface area contributed by atoms with Gasteiger partial charge in [-0.25, -0.2) is 0 Å². The van der Waals surface area contributed by atoms with E-state index in [4.69, 9.17) is 1.37 Å². The van der Waals surface area contributed by atoms with Gasteiger partial charge in [0.05, 0.1) is 0 Å². The highest BCUT2D eigenvalue weighted by atomic mass is 79.9. The molecular formula is C11H13Br. The highest BCUT2D eigenvalue weighted by molar-refractivity contribution is 9.10. The molecule has 0 saturated heterocycles. The Balaban J connectivity index is 2.29. The molecule has 0 spiro atoms. The molecule has 0 N–H and O–H groups in total. The molecule has 1 aromatic carbocycles. The van der Waals surface area contributed by atoms with Crippen LogP contribution in [0.25, 0.3) is 0 Å². The van der Waals surface area contributed by atoms with Crippen LogP contribution in [0.15, 0.2) is 28.7 Å². The van der Waals surface area contributed by atoms with E-state index in [1.165, 1.54) is 18.4 Å². The molecule has 0 aliphatic heterocycles. The predicted octanol–water partition coefficient (Wildman–Crippen LogP) is 4.11.